The van der Waals surface area contributed by atoms with Crippen LogP contribution in [0.2, 0.25) is 0 Å². The Morgan fingerprint density at radius 3 is 2.55 bits per heavy atom. The van der Waals surface area contributed by atoms with Gasteiger partial charge in [-0.3, -0.25) is 4.79 Å². The Bertz CT molecular complexity index is 632. The quantitative estimate of drug-likeness (QED) is 0.876. The average Bonchev–Trinajstić information content (AvgIpc) is 2.41. The van der Waals surface area contributed by atoms with Crippen LogP contribution >= 0.6 is 0 Å². The summed E-state index contributed by atoms with van der Waals surface area (Å²) in [6.45, 7) is 1.29. The minimum atomic E-state index is -0.658. The molecule has 0 radical (unpaired) electrons. The van der Waals surface area contributed by atoms with Gasteiger partial charge in [0.2, 0.25) is 0 Å². The summed E-state index contributed by atoms with van der Waals surface area (Å²) in [5.41, 5.74) is 0.681. The van der Waals surface area contributed by atoms with E-state index in [1.807, 2.05) is 12.1 Å². The lowest BCUT2D eigenvalue weighted by atomic mass is 9.69. The van der Waals surface area contributed by atoms with E-state index >= 15 is 0 Å². The molecule has 1 fully saturated rings. The third kappa shape index (κ3) is 2.41. The number of carboxylic acid groups (broad SMARTS) is 1. The molecule has 0 aromatic heterocycles. The van der Waals surface area contributed by atoms with E-state index in [1.165, 1.54) is 16.3 Å². The van der Waals surface area contributed by atoms with Gasteiger partial charge in [0.05, 0.1) is 5.41 Å². The van der Waals surface area contributed by atoms with Gasteiger partial charge in [0.25, 0.3) is 0 Å². The molecule has 0 aliphatic heterocycles. The summed E-state index contributed by atoms with van der Waals surface area (Å²) < 4.78 is 0. The second kappa shape index (κ2) is 5.25. The number of hydrogen-bond acceptors (Lipinski definition) is 2. The Morgan fingerprint density at radius 2 is 1.90 bits per heavy atom. The Kier molecular flexibility index (Phi) is 3.45. The van der Waals surface area contributed by atoms with E-state index < -0.39 is 11.4 Å². The van der Waals surface area contributed by atoms with Crippen molar-refractivity contribution in [3.63, 3.8) is 0 Å². The minimum absolute atomic E-state index is 0.517. The molecule has 1 saturated carbocycles. The molecule has 0 heterocycles. The summed E-state index contributed by atoms with van der Waals surface area (Å²) in [4.78, 5) is 11.3. The van der Waals surface area contributed by atoms with Crippen LogP contribution in [0.25, 0.3) is 10.8 Å². The molecule has 2 aromatic carbocycles. The predicted octanol–water partition coefficient (Wildman–Crippen LogP) is 3.18. The van der Waals surface area contributed by atoms with E-state index in [1.54, 1.807) is 0 Å². The molecular formula is C17H19NO2. The summed E-state index contributed by atoms with van der Waals surface area (Å²) in [6.07, 6.45) is 2.63. The van der Waals surface area contributed by atoms with E-state index in [2.05, 4.69) is 35.6 Å². The molecule has 20 heavy (non-hydrogen) atoms. The van der Waals surface area contributed by atoms with Gasteiger partial charge < -0.3 is 10.4 Å². The van der Waals surface area contributed by atoms with Crippen LogP contribution in [-0.4, -0.2) is 17.6 Å². The topological polar surface area (TPSA) is 49.3 Å². The minimum Gasteiger partial charge on any atom is -0.481 e. The van der Waals surface area contributed by atoms with E-state index in [0.29, 0.717) is 6.54 Å². The molecule has 0 atom stereocenters. The third-order valence-electron chi connectivity index (χ3n) is 4.37. The molecule has 0 unspecified atom stereocenters. The van der Waals surface area contributed by atoms with Crippen LogP contribution in [0, 0.1) is 5.41 Å². The molecule has 1 aliphatic rings. The SMILES string of the molecule is O=C(O)C1(CNCc2ccc3ccccc3c2)CCC1. The summed E-state index contributed by atoms with van der Waals surface area (Å²) >= 11 is 0. The maximum absolute atomic E-state index is 11.3. The molecule has 3 heteroatoms. The van der Waals surface area contributed by atoms with Crippen molar-refractivity contribution in [3.8, 4) is 0 Å². The largest absolute Gasteiger partial charge is 0.481 e. The standard InChI is InChI=1S/C17H19NO2/c19-16(20)17(8-3-9-17)12-18-11-13-6-7-14-4-1-2-5-15(14)10-13/h1-2,4-7,10,18H,3,8-9,11-12H2,(H,19,20). The van der Waals surface area contributed by atoms with Crippen LogP contribution in [-0.2, 0) is 11.3 Å². The maximum atomic E-state index is 11.3. The van der Waals surface area contributed by atoms with Gasteiger partial charge in [0, 0.05) is 13.1 Å². The van der Waals surface area contributed by atoms with Gasteiger partial charge in [0.15, 0.2) is 0 Å². The zero-order valence-corrected chi connectivity index (χ0v) is 11.4. The van der Waals surface area contributed by atoms with Crippen molar-refractivity contribution < 1.29 is 9.90 Å². The van der Waals surface area contributed by atoms with Crippen molar-refractivity contribution in [2.24, 2.45) is 5.41 Å². The highest BCUT2D eigenvalue weighted by molar-refractivity contribution is 5.83. The summed E-state index contributed by atoms with van der Waals surface area (Å²) in [5, 5.41) is 15.1. The molecule has 0 amide bonds. The predicted molar refractivity (Wildman–Crippen MR) is 79.6 cm³/mol. The first-order valence-electron chi connectivity index (χ1n) is 7.11. The van der Waals surface area contributed by atoms with Gasteiger partial charge in [0.1, 0.15) is 0 Å². The fourth-order valence-corrected chi connectivity index (χ4v) is 2.86. The monoisotopic (exact) mass is 269 g/mol. The molecule has 0 spiro atoms. The summed E-state index contributed by atoms with van der Waals surface area (Å²) in [7, 11) is 0. The van der Waals surface area contributed by atoms with Crippen molar-refractivity contribution in [2.75, 3.05) is 6.54 Å². The highest BCUT2D eigenvalue weighted by atomic mass is 16.4. The average molecular weight is 269 g/mol. The molecule has 3 nitrogen and oxygen atoms in total. The van der Waals surface area contributed by atoms with Crippen LogP contribution in [0.5, 0.6) is 0 Å². The zero-order valence-electron chi connectivity index (χ0n) is 11.4. The normalized spacial score (nSPS) is 16.8. The molecule has 0 bridgehead atoms. The van der Waals surface area contributed by atoms with Gasteiger partial charge in [-0.15, -0.1) is 0 Å². The number of rotatable bonds is 5. The van der Waals surface area contributed by atoms with Gasteiger partial charge >= 0.3 is 5.97 Å². The van der Waals surface area contributed by atoms with Gasteiger partial charge in [-0.2, -0.15) is 0 Å². The van der Waals surface area contributed by atoms with Crippen LogP contribution in [0.4, 0.5) is 0 Å². The van der Waals surface area contributed by atoms with E-state index in [4.69, 9.17) is 0 Å². The second-order valence-corrected chi connectivity index (χ2v) is 5.72. The van der Waals surface area contributed by atoms with Gasteiger partial charge in [-0.25, -0.2) is 0 Å². The Morgan fingerprint density at radius 1 is 1.15 bits per heavy atom. The molecule has 3 rings (SSSR count). The lowest BCUT2D eigenvalue weighted by Crippen LogP contribution is -2.45. The van der Waals surface area contributed by atoms with Crippen LogP contribution < -0.4 is 5.32 Å². The smallest absolute Gasteiger partial charge is 0.310 e. The Labute approximate surface area is 118 Å². The highest BCUT2D eigenvalue weighted by Gasteiger charge is 2.43. The molecule has 1 aliphatic carbocycles. The lowest BCUT2D eigenvalue weighted by Gasteiger charge is -2.37. The van der Waals surface area contributed by atoms with E-state index in [0.717, 1.165) is 25.8 Å². The summed E-state index contributed by atoms with van der Waals surface area (Å²) in [6, 6.07) is 14.6. The Balaban J connectivity index is 1.64. The van der Waals surface area contributed by atoms with Crippen LogP contribution in [0.1, 0.15) is 24.8 Å². The zero-order chi connectivity index (χ0) is 14.0. The third-order valence-corrected chi connectivity index (χ3v) is 4.37. The van der Waals surface area contributed by atoms with Crippen molar-refractivity contribution in [2.45, 2.75) is 25.8 Å². The number of carbonyl (C=O) groups is 1. The molecule has 0 saturated heterocycles. The fraction of sp³-hybridized carbons (Fsp3) is 0.353. The van der Waals surface area contributed by atoms with E-state index in [9.17, 15) is 9.90 Å². The van der Waals surface area contributed by atoms with Crippen molar-refractivity contribution in [3.05, 3.63) is 48.0 Å². The number of carboxylic acids is 1. The Hall–Kier alpha value is -1.87. The highest BCUT2D eigenvalue weighted by Crippen LogP contribution is 2.40. The van der Waals surface area contributed by atoms with Crippen LogP contribution in [0.3, 0.4) is 0 Å². The summed E-state index contributed by atoms with van der Waals surface area (Å²) in [5.74, 6) is -0.658. The lowest BCUT2D eigenvalue weighted by molar-refractivity contribution is -0.154. The number of hydrogen-bond donors (Lipinski definition) is 2. The molecule has 104 valence electrons. The second-order valence-electron chi connectivity index (χ2n) is 5.72. The molecular weight excluding hydrogens is 250 g/mol. The first-order valence-corrected chi connectivity index (χ1v) is 7.11. The van der Waals surface area contributed by atoms with Crippen molar-refractivity contribution in [1.29, 1.82) is 0 Å². The number of benzene rings is 2. The van der Waals surface area contributed by atoms with Crippen LogP contribution in [0.15, 0.2) is 42.5 Å². The fourth-order valence-electron chi connectivity index (χ4n) is 2.86. The number of aliphatic carboxylic acids is 1. The van der Waals surface area contributed by atoms with Gasteiger partial charge in [-0.1, -0.05) is 42.8 Å². The van der Waals surface area contributed by atoms with Crippen molar-refractivity contribution >= 4 is 16.7 Å². The number of nitrogens with one attached hydrogen (secondary N) is 1. The first kappa shape index (κ1) is 13.1. The molecule has 2 N–H and O–H groups in total. The number of fused-ring (bicyclic) bond motifs is 1. The van der Waals surface area contributed by atoms with Crippen molar-refractivity contribution in [1.82, 2.24) is 5.32 Å². The first-order chi connectivity index (χ1) is 9.70. The maximum Gasteiger partial charge on any atom is 0.310 e. The van der Waals surface area contributed by atoms with E-state index in [-0.39, 0.29) is 0 Å². The van der Waals surface area contributed by atoms with Gasteiger partial charge in [-0.05, 0) is 35.2 Å². The molecule has 2 aromatic rings.